The zero-order chi connectivity index (χ0) is 12.8. The second-order valence-electron chi connectivity index (χ2n) is 3.00. The summed E-state index contributed by atoms with van der Waals surface area (Å²) < 4.78 is 5.22. The average Bonchev–Trinajstić information content (AvgIpc) is 2.28. The fraction of sp³-hybridized carbons (Fsp3) is 0.100. The first-order chi connectivity index (χ1) is 8.04. The predicted molar refractivity (Wildman–Crippen MR) is 68.9 cm³/mol. The molecule has 0 amide bonds. The molecule has 7 heteroatoms. The van der Waals surface area contributed by atoms with Crippen LogP contribution in [0.4, 0.5) is 0 Å². The molecule has 17 heavy (non-hydrogen) atoms. The normalized spacial score (nSPS) is 10.2. The molecule has 0 spiro atoms. The molecule has 0 unspecified atom stereocenters. The van der Waals surface area contributed by atoms with Crippen molar-refractivity contribution in [3.05, 3.63) is 33.8 Å². The standard InChI is InChI=1S/C10H11BrN4O2/c1-17-9(16)7-3-2-6(4-8(7)11)5-14-15-10(12)13/h2-5H,1H3,(H4,12,13,15). The van der Waals surface area contributed by atoms with Crippen LogP contribution >= 0.6 is 15.9 Å². The highest BCUT2D eigenvalue weighted by molar-refractivity contribution is 9.10. The van der Waals surface area contributed by atoms with Crippen molar-refractivity contribution in [3.8, 4) is 0 Å². The Labute approximate surface area is 106 Å². The van der Waals surface area contributed by atoms with Crippen LogP contribution in [0, 0.1) is 0 Å². The summed E-state index contributed by atoms with van der Waals surface area (Å²) in [6.45, 7) is 0. The molecule has 1 aromatic rings. The van der Waals surface area contributed by atoms with Gasteiger partial charge in [-0.1, -0.05) is 6.07 Å². The Kier molecular flexibility index (Phi) is 4.65. The Morgan fingerprint density at radius 3 is 2.71 bits per heavy atom. The maximum Gasteiger partial charge on any atom is 0.339 e. The number of benzene rings is 1. The molecule has 0 aliphatic carbocycles. The van der Waals surface area contributed by atoms with Gasteiger partial charge in [-0.2, -0.15) is 5.10 Å². The molecule has 0 aromatic heterocycles. The van der Waals surface area contributed by atoms with Crippen LogP contribution in [-0.2, 0) is 4.74 Å². The number of carbonyl (C=O) groups is 1. The van der Waals surface area contributed by atoms with Gasteiger partial charge in [-0.3, -0.25) is 0 Å². The monoisotopic (exact) mass is 298 g/mol. The number of guanidine groups is 1. The van der Waals surface area contributed by atoms with Crippen LogP contribution in [0.5, 0.6) is 0 Å². The molecule has 0 radical (unpaired) electrons. The van der Waals surface area contributed by atoms with E-state index in [4.69, 9.17) is 11.5 Å². The van der Waals surface area contributed by atoms with Crippen LogP contribution in [0.2, 0.25) is 0 Å². The third-order valence-corrected chi connectivity index (χ3v) is 2.43. The van der Waals surface area contributed by atoms with Gasteiger partial charge in [-0.25, -0.2) is 4.79 Å². The van der Waals surface area contributed by atoms with Gasteiger partial charge in [0.15, 0.2) is 0 Å². The number of esters is 1. The minimum Gasteiger partial charge on any atom is -0.465 e. The fourth-order valence-electron chi connectivity index (χ4n) is 1.05. The summed E-state index contributed by atoms with van der Waals surface area (Å²) in [6, 6.07) is 5.02. The largest absolute Gasteiger partial charge is 0.465 e. The lowest BCUT2D eigenvalue weighted by Gasteiger charge is -2.02. The molecule has 4 N–H and O–H groups in total. The highest BCUT2D eigenvalue weighted by Crippen LogP contribution is 2.18. The number of halogens is 1. The fourth-order valence-corrected chi connectivity index (χ4v) is 1.61. The van der Waals surface area contributed by atoms with Crippen molar-refractivity contribution in [1.82, 2.24) is 0 Å². The van der Waals surface area contributed by atoms with Gasteiger partial charge >= 0.3 is 5.97 Å². The van der Waals surface area contributed by atoms with E-state index >= 15 is 0 Å². The zero-order valence-corrected chi connectivity index (χ0v) is 10.6. The van der Waals surface area contributed by atoms with Gasteiger partial charge in [0.2, 0.25) is 5.96 Å². The number of hydrogen-bond donors (Lipinski definition) is 2. The molecule has 1 rings (SSSR count). The van der Waals surface area contributed by atoms with Gasteiger partial charge in [0, 0.05) is 4.47 Å². The van der Waals surface area contributed by atoms with Crippen molar-refractivity contribution in [1.29, 1.82) is 0 Å². The van der Waals surface area contributed by atoms with E-state index in [2.05, 4.69) is 30.9 Å². The van der Waals surface area contributed by atoms with Crippen LogP contribution < -0.4 is 11.5 Å². The summed E-state index contributed by atoms with van der Waals surface area (Å²) in [7, 11) is 1.32. The third kappa shape index (κ3) is 3.87. The van der Waals surface area contributed by atoms with E-state index in [-0.39, 0.29) is 5.96 Å². The van der Waals surface area contributed by atoms with Crippen LogP contribution in [-0.4, -0.2) is 25.3 Å². The van der Waals surface area contributed by atoms with E-state index in [1.54, 1.807) is 18.2 Å². The molecule has 6 nitrogen and oxygen atoms in total. The SMILES string of the molecule is COC(=O)c1ccc(C=NN=C(N)N)cc1Br. The maximum absolute atomic E-state index is 11.3. The Hall–Kier alpha value is -1.89. The van der Waals surface area contributed by atoms with Gasteiger partial charge in [0.25, 0.3) is 0 Å². The minimum absolute atomic E-state index is 0.119. The second kappa shape index (κ2) is 6.00. The number of rotatable bonds is 3. The Bertz CT molecular complexity index is 481. The van der Waals surface area contributed by atoms with E-state index < -0.39 is 5.97 Å². The van der Waals surface area contributed by atoms with Crippen molar-refractivity contribution in [2.75, 3.05) is 7.11 Å². The molecular formula is C10H11BrN4O2. The number of nitrogens with two attached hydrogens (primary N) is 2. The molecule has 0 atom stereocenters. The van der Waals surface area contributed by atoms with Crippen LogP contribution in [0.1, 0.15) is 15.9 Å². The number of ether oxygens (including phenoxy) is 1. The molecule has 90 valence electrons. The van der Waals surface area contributed by atoms with E-state index in [0.29, 0.717) is 10.0 Å². The summed E-state index contributed by atoms with van der Waals surface area (Å²) in [5.41, 5.74) is 11.4. The summed E-state index contributed by atoms with van der Waals surface area (Å²) >= 11 is 3.26. The van der Waals surface area contributed by atoms with Crippen LogP contribution in [0.3, 0.4) is 0 Å². The number of nitrogens with zero attached hydrogens (tertiary/aromatic N) is 2. The Morgan fingerprint density at radius 2 is 2.18 bits per heavy atom. The predicted octanol–water partition coefficient (Wildman–Crippen LogP) is 0.843. The molecule has 0 heterocycles. The van der Waals surface area contributed by atoms with Gasteiger partial charge in [0.1, 0.15) is 0 Å². The van der Waals surface area contributed by atoms with Gasteiger partial charge in [-0.05, 0) is 33.6 Å². The average molecular weight is 299 g/mol. The topological polar surface area (TPSA) is 103 Å². The van der Waals surface area contributed by atoms with Crippen molar-refractivity contribution in [3.63, 3.8) is 0 Å². The maximum atomic E-state index is 11.3. The van der Waals surface area contributed by atoms with Crippen LogP contribution in [0.25, 0.3) is 0 Å². The summed E-state index contributed by atoms with van der Waals surface area (Å²) in [4.78, 5) is 11.3. The smallest absolute Gasteiger partial charge is 0.339 e. The van der Waals surface area contributed by atoms with Gasteiger partial charge in [0.05, 0.1) is 18.9 Å². The van der Waals surface area contributed by atoms with Crippen molar-refractivity contribution in [2.24, 2.45) is 21.7 Å². The van der Waals surface area contributed by atoms with E-state index in [0.717, 1.165) is 5.56 Å². The van der Waals surface area contributed by atoms with Crippen molar-refractivity contribution in [2.45, 2.75) is 0 Å². The van der Waals surface area contributed by atoms with Gasteiger partial charge in [-0.15, -0.1) is 5.10 Å². The summed E-state index contributed by atoms with van der Waals surface area (Å²) in [5, 5.41) is 7.11. The number of methoxy groups -OCH3 is 1. The lowest BCUT2D eigenvalue weighted by molar-refractivity contribution is 0.0599. The molecule has 0 saturated heterocycles. The number of hydrogen-bond acceptors (Lipinski definition) is 4. The zero-order valence-electron chi connectivity index (χ0n) is 9.05. The molecule has 0 aliphatic rings. The highest BCUT2D eigenvalue weighted by atomic mass is 79.9. The van der Waals surface area contributed by atoms with E-state index in [9.17, 15) is 4.79 Å². The van der Waals surface area contributed by atoms with Crippen molar-refractivity contribution < 1.29 is 9.53 Å². The molecule has 0 fully saturated rings. The molecule has 1 aromatic carbocycles. The van der Waals surface area contributed by atoms with E-state index in [1.165, 1.54) is 13.3 Å². The first kappa shape index (κ1) is 13.2. The first-order valence-electron chi connectivity index (χ1n) is 4.54. The highest BCUT2D eigenvalue weighted by Gasteiger charge is 2.09. The molecule has 0 saturated carbocycles. The third-order valence-electron chi connectivity index (χ3n) is 1.78. The van der Waals surface area contributed by atoms with Gasteiger partial charge < -0.3 is 16.2 Å². The Morgan fingerprint density at radius 1 is 1.47 bits per heavy atom. The molecule has 0 bridgehead atoms. The Balaban J connectivity index is 2.93. The lowest BCUT2D eigenvalue weighted by atomic mass is 10.1. The van der Waals surface area contributed by atoms with Crippen molar-refractivity contribution >= 4 is 34.1 Å². The van der Waals surface area contributed by atoms with E-state index in [1.807, 2.05) is 0 Å². The lowest BCUT2D eigenvalue weighted by Crippen LogP contribution is -2.21. The minimum atomic E-state index is -0.412. The number of carbonyl (C=O) groups excluding carboxylic acids is 1. The first-order valence-corrected chi connectivity index (χ1v) is 5.33. The van der Waals surface area contributed by atoms with Crippen LogP contribution in [0.15, 0.2) is 32.9 Å². The summed E-state index contributed by atoms with van der Waals surface area (Å²) in [5.74, 6) is -0.531. The summed E-state index contributed by atoms with van der Waals surface area (Å²) in [6.07, 6.45) is 1.46. The molecular weight excluding hydrogens is 288 g/mol. The second-order valence-corrected chi connectivity index (χ2v) is 3.85. The quantitative estimate of drug-likeness (QED) is 0.373. The molecule has 0 aliphatic heterocycles.